The average molecular weight is 349 g/mol. The summed E-state index contributed by atoms with van der Waals surface area (Å²) < 4.78 is 1.47. The van der Waals surface area contributed by atoms with Gasteiger partial charge in [-0.15, -0.1) is 0 Å². The molecule has 0 aliphatic carbocycles. The summed E-state index contributed by atoms with van der Waals surface area (Å²) in [5, 5.41) is 12.1. The molecule has 0 saturated carbocycles. The smallest absolute Gasteiger partial charge is 0.335 e. The van der Waals surface area contributed by atoms with Crippen molar-refractivity contribution in [3.05, 3.63) is 69.1 Å². The van der Waals surface area contributed by atoms with Crippen LogP contribution in [0.25, 0.3) is 0 Å². The zero-order chi connectivity index (χ0) is 17.5. The Morgan fingerprint density at radius 3 is 2.50 bits per heavy atom. The summed E-state index contributed by atoms with van der Waals surface area (Å²) in [6.07, 6.45) is 2.35. The summed E-state index contributed by atoms with van der Waals surface area (Å²) in [6.45, 7) is 0.746. The molecule has 2 aromatic rings. The number of rotatable bonds is 7. The zero-order valence-corrected chi connectivity index (χ0v) is 13.6. The number of nitrogens with one attached hydrogen (secondary N) is 1. The van der Waals surface area contributed by atoms with E-state index in [0.717, 1.165) is 5.56 Å². The highest BCUT2D eigenvalue weighted by Crippen LogP contribution is 2.06. The number of pyridine rings is 1. The summed E-state index contributed by atoms with van der Waals surface area (Å²) in [7, 11) is 0. The van der Waals surface area contributed by atoms with Crippen LogP contribution >= 0.6 is 11.6 Å². The Balaban J connectivity index is 1.76. The lowest BCUT2D eigenvalue weighted by Crippen LogP contribution is -2.24. The lowest BCUT2D eigenvalue weighted by Gasteiger charge is -2.07. The average Bonchev–Trinajstić information content (AvgIpc) is 2.56. The molecule has 1 aromatic heterocycles. The van der Waals surface area contributed by atoms with Crippen LogP contribution in [0.3, 0.4) is 0 Å². The number of carboxylic acids is 1. The quantitative estimate of drug-likeness (QED) is 0.803. The molecular weight excluding hydrogens is 332 g/mol. The maximum Gasteiger partial charge on any atom is 0.335 e. The number of carboxylic acid groups (broad SMARTS) is 1. The molecule has 1 amide bonds. The molecule has 0 unspecified atom stereocenters. The Bertz CT molecular complexity index is 784. The Hall–Kier alpha value is -2.60. The van der Waals surface area contributed by atoms with E-state index in [1.807, 2.05) is 0 Å². The molecule has 2 rings (SSSR count). The van der Waals surface area contributed by atoms with Gasteiger partial charge in [-0.1, -0.05) is 23.7 Å². The van der Waals surface area contributed by atoms with Gasteiger partial charge in [-0.05, 0) is 30.2 Å². The number of aromatic carboxylic acids is 1. The second-order valence-corrected chi connectivity index (χ2v) is 5.70. The van der Waals surface area contributed by atoms with Crippen molar-refractivity contribution in [3.8, 4) is 0 Å². The van der Waals surface area contributed by atoms with Gasteiger partial charge in [0.05, 0.1) is 10.6 Å². The normalized spacial score (nSPS) is 10.4. The first-order valence-electron chi connectivity index (χ1n) is 7.40. The van der Waals surface area contributed by atoms with Crippen molar-refractivity contribution in [2.24, 2.45) is 0 Å². The molecule has 2 N–H and O–H groups in total. The first kappa shape index (κ1) is 17.7. The highest BCUT2D eigenvalue weighted by molar-refractivity contribution is 6.30. The third kappa shape index (κ3) is 5.24. The molecule has 6 nitrogen and oxygen atoms in total. The van der Waals surface area contributed by atoms with E-state index in [1.165, 1.54) is 28.8 Å². The number of hydrogen-bond donors (Lipinski definition) is 2. The molecular formula is C17H17ClN2O4. The minimum atomic E-state index is -0.984. The summed E-state index contributed by atoms with van der Waals surface area (Å²) in [6, 6.07) is 9.24. The van der Waals surface area contributed by atoms with Crippen molar-refractivity contribution >= 4 is 23.5 Å². The molecule has 0 bridgehead atoms. The number of carbonyl (C=O) groups excluding carboxylic acids is 1. The minimum Gasteiger partial charge on any atom is -0.478 e. The Morgan fingerprint density at radius 2 is 1.83 bits per heavy atom. The van der Waals surface area contributed by atoms with Crippen LogP contribution in [0.1, 0.15) is 28.8 Å². The summed E-state index contributed by atoms with van der Waals surface area (Å²) >= 11 is 5.83. The second-order valence-electron chi connectivity index (χ2n) is 5.26. The van der Waals surface area contributed by atoms with E-state index in [4.69, 9.17) is 16.7 Å². The van der Waals surface area contributed by atoms with Crippen LogP contribution in [0.4, 0.5) is 0 Å². The number of halogens is 1. The maximum absolute atomic E-state index is 11.8. The Labute approximate surface area is 143 Å². The van der Waals surface area contributed by atoms with Crippen molar-refractivity contribution in [1.82, 2.24) is 9.88 Å². The molecule has 0 spiro atoms. The lowest BCUT2D eigenvalue weighted by molar-refractivity contribution is -0.121. The predicted octanol–water partition coefficient (Wildman–Crippen LogP) is 2.30. The number of aryl methyl sites for hydroxylation is 1. The van der Waals surface area contributed by atoms with Crippen molar-refractivity contribution < 1.29 is 14.7 Å². The number of carbonyl (C=O) groups is 2. The van der Waals surface area contributed by atoms with Gasteiger partial charge in [0, 0.05) is 31.8 Å². The highest BCUT2D eigenvalue weighted by atomic mass is 35.5. The van der Waals surface area contributed by atoms with E-state index in [0.29, 0.717) is 24.5 Å². The summed E-state index contributed by atoms with van der Waals surface area (Å²) in [5.74, 6) is -1.12. The number of benzene rings is 1. The van der Waals surface area contributed by atoms with Gasteiger partial charge in [-0.25, -0.2) is 4.79 Å². The predicted molar refractivity (Wildman–Crippen MR) is 90.2 cm³/mol. The van der Waals surface area contributed by atoms with Crippen LogP contribution in [0.15, 0.2) is 47.4 Å². The van der Waals surface area contributed by atoms with Crippen LogP contribution in [-0.2, 0) is 17.9 Å². The van der Waals surface area contributed by atoms with Crippen LogP contribution in [0.2, 0.25) is 5.02 Å². The van der Waals surface area contributed by atoms with Crippen LogP contribution in [0, 0.1) is 0 Å². The van der Waals surface area contributed by atoms with Gasteiger partial charge >= 0.3 is 5.97 Å². The number of nitrogens with zero attached hydrogens (tertiary/aromatic N) is 1. The molecule has 0 aliphatic heterocycles. The molecule has 0 saturated heterocycles. The van der Waals surface area contributed by atoms with Gasteiger partial charge in [-0.3, -0.25) is 9.59 Å². The first-order chi connectivity index (χ1) is 11.5. The number of amides is 1. The van der Waals surface area contributed by atoms with E-state index in [2.05, 4.69) is 5.32 Å². The lowest BCUT2D eigenvalue weighted by atomic mass is 10.1. The highest BCUT2D eigenvalue weighted by Gasteiger charge is 2.05. The standard InChI is InChI=1S/C17H17ClN2O4/c18-14-7-8-16(22)20(11-14)9-1-2-15(21)19-10-12-3-5-13(6-4-12)17(23)24/h3-8,11H,1-2,9-10H2,(H,19,21)(H,23,24). The number of hydrogen-bond acceptors (Lipinski definition) is 3. The fraction of sp³-hybridized carbons (Fsp3) is 0.235. The largest absolute Gasteiger partial charge is 0.478 e. The SMILES string of the molecule is O=C(CCCn1cc(Cl)ccc1=O)NCc1ccc(C(=O)O)cc1. The van der Waals surface area contributed by atoms with E-state index < -0.39 is 5.97 Å². The van der Waals surface area contributed by atoms with Gasteiger partial charge in [0.15, 0.2) is 0 Å². The summed E-state index contributed by atoms with van der Waals surface area (Å²) in [5.41, 5.74) is 0.870. The molecule has 0 aliphatic rings. The van der Waals surface area contributed by atoms with Gasteiger partial charge in [-0.2, -0.15) is 0 Å². The van der Waals surface area contributed by atoms with Crippen LogP contribution < -0.4 is 10.9 Å². The Kier molecular flexibility index (Phi) is 6.14. The molecule has 7 heteroatoms. The molecule has 1 heterocycles. The molecule has 0 fully saturated rings. The van der Waals surface area contributed by atoms with E-state index >= 15 is 0 Å². The van der Waals surface area contributed by atoms with Gasteiger partial charge < -0.3 is 15.0 Å². The van der Waals surface area contributed by atoms with Gasteiger partial charge in [0.2, 0.25) is 5.91 Å². The fourth-order valence-corrected chi connectivity index (χ4v) is 2.32. The fourth-order valence-electron chi connectivity index (χ4n) is 2.14. The molecule has 24 heavy (non-hydrogen) atoms. The van der Waals surface area contributed by atoms with Gasteiger partial charge in [0.1, 0.15) is 0 Å². The maximum atomic E-state index is 11.8. The van der Waals surface area contributed by atoms with E-state index in [-0.39, 0.29) is 23.5 Å². The second kappa shape index (κ2) is 8.31. The topological polar surface area (TPSA) is 88.4 Å². The zero-order valence-electron chi connectivity index (χ0n) is 12.9. The monoisotopic (exact) mass is 348 g/mol. The molecule has 1 aromatic carbocycles. The molecule has 126 valence electrons. The van der Waals surface area contributed by atoms with Crippen molar-refractivity contribution in [2.45, 2.75) is 25.9 Å². The van der Waals surface area contributed by atoms with Crippen molar-refractivity contribution in [2.75, 3.05) is 0 Å². The first-order valence-corrected chi connectivity index (χ1v) is 7.78. The van der Waals surface area contributed by atoms with E-state index in [9.17, 15) is 14.4 Å². The van der Waals surface area contributed by atoms with Crippen LogP contribution in [-0.4, -0.2) is 21.6 Å². The van der Waals surface area contributed by atoms with Gasteiger partial charge in [0.25, 0.3) is 5.56 Å². The Morgan fingerprint density at radius 1 is 1.12 bits per heavy atom. The van der Waals surface area contributed by atoms with Crippen LogP contribution in [0.5, 0.6) is 0 Å². The molecule has 0 radical (unpaired) electrons. The third-order valence-corrected chi connectivity index (χ3v) is 3.66. The third-order valence-electron chi connectivity index (χ3n) is 3.44. The summed E-state index contributed by atoms with van der Waals surface area (Å²) in [4.78, 5) is 34.2. The van der Waals surface area contributed by atoms with Crippen molar-refractivity contribution in [3.63, 3.8) is 0 Å². The van der Waals surface area contributed by atoms with Crippen molar-refractivity contribution in [1.29, 1.82) is 0 Å². The minimum absolute atomic E-state index is 0.132. The number of aromatic nitrogens is 1. The molecule has 0 atom stereocenters. The van der Waals surface area contributed by atoms with E-state index in [1.54, 1.807) is 18.3 Å².